The highest BCUT2D eigenvalue weighted by atomic mass is 127. The van der Waals surface area contributed by atoms with Crippen LogP contribution in [0.15, 0.2) is 43.8 Å². The van der Waals surface area contributed by atoms with Crippen molar-refractivity contribution >= 4 is 156 Å². The van der Waals surface area contributed by atoms with Gasteiger partial charge in [-0.3, -0.25) is 29.3 Å². The number of hydrogen-bond acceptors (Lipinski definition) is 21. The molecule has 6 aromatic rings. The molecular formula is C42H62I2N14O14S4. The largest absolute Gasteiger partial charge is 0.397 e. The molecule has 422 valence electrons. The molecule has 2 heterocycles. The van der Waals surface area contributed by atoms with Crippen molar-refractivity contribution in [2.24, 2.45) is 0 Å². The van der Waals surface area contributed by atoms with Gasteiger partial charge in [0.1, 0.15) is 32.6 Å². The van der Waals surface area contributed by atoms with Crippen LogP contribution in [0.5, 0.6) is 0 Å². The third kappa shape index (κ3) is 16.8. The lowest BCUT2D eigenvalue weighted by atomic mass is 10.1. The summed E-state index contributed by atoms with van der Waals surface area (Å²) in [6.45, 7) is 16.9. The topological polar surface area (TPSA) is 457 Å². The van der Waals surface area contributed by atoms with Gasteiger partial charge in [-0.15, -0.1) is 48.0 Å². The molecule has 0 saturated carbocycles. The van der Waals surface area contributed by atoms with Crippen molar-refractivity contribution < 1.29 is 57.8 Å². The first-order valence-electron chi connectivity index (χ1n) is 20.3. The smallest absolute Gasteiger partial charge is 0.296 e. The predicted molar refractivity (Wildman–Crippen MR) is 307 cm³/mol. The summed E-state index contributed by atoms with van der Waals surface area (Å²) in [4.78, 5) is 53.6. The van der Waals surface area contributed by atoms with E-state index >= 15 is 0 Å². The molecule has 0 spiro atoms. The van der Waals surface area contributed by atoms with Gasteiger partial charge >= 0.3 is 0 Å². The van der Waals surface area contributed by atoms with E-state index in [9.17, 15) is 63.0 Å². The Balaban J connectivity index is 0. The molecule has 2 aromatic heterocycles. The summed E-state index contributed by atoms with van der Waals surface area (Å²) in [5.74, 6) is -2.69. The number of H-pyrrole nitrogens is 2. The Hall–Kier alpha value is -6.38. The summed E-state index contributed by atoms with van der Waals surface area (Å²) in [5.41, 5.74) is 21.8. The number of nitrogens with one attached hydrogen (secondary N) is 6. The van der Waals surface area contributed by atoms with Crippen molar-refractivity contribution in [2.75, 3.05) is 17.2 Å². The van der Waals surface area contributed by atoms with E-state index in [0.29, 0.717) is 61.1 Å². The second-order valence-corrected chi connectivity index (χ2v) is 22.3. The maximum atomic E-state index is 12.1. The number of benzene rings is 4. The van der Waals surface area contributed by atoms with Crippen molar-refractivity contribution in [3.05, 3.63) is 78.9 Å². The summed E-state index contributed by atoms with van der Waals surface area (Å²) >= 11 is 0. The number of nitrogens with zero attached hydrogens (tertiary/aromatic N) is 5. The number of nitro groups is 1. The fraction of sp³-hybridized carbons (Fsp3) is 0.333. The standard InChI is InChI=1S/2C10H12N4O3S.C10H13N3O5S.C10H15N3O3S.2CH4.2HI/c2*1-5-4-8-9(12-14-11-8)6(2)10(5)18(16,17)13-7(3)15;1-5-4-8(11)9(13(15)16)6(2)10(5)19(17,18)12-7(3)14;1-5-4-8(11)9(12)6(2)10(5)17(15,16)13-7(3)14;;;;/h2*4H,1-3H3,(H,13,15)(H,11,12,14);4H,11H2,1-3H3,(H,12,14);4H,11-12H2,1-3H3,(H,13,14);2*1H4;2*1H. The van der Waals surface area contributed by atoms with Crippen LogP contribution in [0.1, 0.15) is 87.1 Å². The molecule has 0 bridgehead atoms. The number of fused-ring (bicyclic) bond motifs is 2. The Labute approximate surface area is 474 Å². The first kappa shape index (κ1) is 71.7. The number of aryl methyl sites for hydroxylation is 6. The summed E-state index contributed by atoms with van der Waals surface area (Å²) in [6, 6.07) is 5.89. The maximum absolute atomic E-state index is 12.1. The number of nitro benzene ring substituents is 1. The Bertz CT molecular complexity index is 3550. The van der Waals surface area contributed by atoms with E-state index in [4.69, 9.17) is 17.2 Å². The van der Waals surface area contributed by atoms with Crippen molar-refractivity contribution in [1.29, 1.82) is 0 Å². The zero-order chi connectivity index (χ0) is 55.3. The zero-order valence-electron chi connectivity index (χ0n) is 41.4. The molecule has 0 radical (unpaired) electrons. The van der Waals surface area contributed by atoms with Gasteiger partial charge in [0.05, 0.1) is 31.0 Å². The van der Waals surface area contributed by atoms with Gasteiger partial charge in [0.25, 0.3) is 45.8 Å². The third-order valence-electron chi connectivity index (χ3n) is 9.82. The highest BCUT2D eigenvalue weighted by Crippen LogP contribution is 2.34. The van der Waals surface area contributed by atoms with Crippen molar-refractivity contribution in [2.45, 2.75) is 118 Å². The monoisotopic (exact) mass is 1370 g/mol. The van der Waals surface area contributed by atoms with Crippen molar-refractivity contribution in [1.82, 2.24) is 49.7 Å². The number of carbonyl (C=O) groups excluding carboxylic acids is 4. The highest BCUT2D eigenvalue weighted by Gasteiger charge is 2.30. The molecule has 76 heavy (non-hydrogen) atoms. The maximum Gasteiger partial charge on any atom is 0.296 e. The van der Waals surface area contributed by atoms with E-state index in [1.54, 1.807) is 58.4 Å². The second-order valence-electron chi connectivity index (χ2n) is 15.8. The number of nitrogen functional groups attached to an aromatic ring is 3. The van der Waals surface area contributed by atoms with Gasteiger partial charge in [0, 0.05) is 33.3 Å². The number of nitrogens with two attached hydrogens (primary N) is 3. The van der Waals surface area contributed by atoms with Crippen LogP contribution >= 0.6 is 48.0 Å². The summed E-state index contributed by atoms with van der Waals surface area (Å²) in [7, 11) is -15.8. The van der Waals surface area contributed by atoms with Gasteiger partial charge in [0.15, 0.2) is 0 Å². The lowest BCUT2D eigenvalue weighted by Gasteiger charge is -2.14. The van der Waals surface area contributed by atoms with Crippen LogP contribution in [0.2, 0.25) is 0 Å². The number of rotatable bonds is 9. The molecule has 0 aliphatic heterocycles. The molecule has 4 amide bonds. The Morgan fingerprint density at radius 3 is 1.03 bits per heavy atom. The molecule has 34 heteroatoms. The number of hydrogen-bond donors (Lipinski definition) is 9. The van der Waals surface area contributed by atoms with Crippen LogP contribution in [-0.4, -0.2) is 93.0 Å². The van der Waals surface area contributed by atoms with E-state index in [-0.39, 0.29) is 105 Å². The number of halogens is 2. The van der Waals surface area contributed by atoms with Gasteiger partial charge in [0.2, 0.25) is 23.6 Å². The molecule has 12 N–H and O–H groups in total. The lowest BCUT2D eigenvalue weighted by Crippen LogP contribution is -2.29. The molecule has 0 aliphatic rings. The summed E-state index contributed by atoms with van der Waals surface area (Å²) < 4.78 is 104. The number of aromatic nitrogens is 6. The number of anilines is 3. The normalized spacial score (nSPS) is 10.8. The van der Waals surface area contributed by atoms with Crippen LogP contribution in [0, 0.1) is 65.5 Å². The van der Waals surface area contributed by atoms with Crippen molar-refractivity contribution in [3.8, 4) is 0 Å². The number of aromatic amines is 2. The average molecular weight is 1370 g/mol. The van der Waals surface area contributed by atoms with E-state index in [1.807, 2.05) is 14.2 Å². The first-order chi connectivity index (χ1) is 32.9. The Morgan fingerprint density at radius 2 is 0.737 bits per heavy atom. The van der Waals surface area contributed by atoms with Gasteiger partial charge in [-0.1, -0.05) is 14.9 Å². The molecular weight excluding hydrogens is 1310 g/mol. The Kier molecular flexibility index (Phi) is 26.0. The zero-order valence-corrected chi connectivity index (χ0v) is 49.4. The average Bonchev–Trinajstić information content (AvgIpc) is 3.85. The summed E-state index contributed by atoms with van der Waals surface area (Å²) in [6.07, 6.45) is 0. The molecule has 28 nitrogen and oxygen atoms in total. The first-order valence-corrected chi connectivity index (χ1v) is 26.3. The molecule has 0 unspecified atom stereocenters. The fourth-order valence-corrected chi connectivity index (χ4v) is 13.3. The molecule has 4 aromatic carbocycles. The Morgan fingerprint density at radius 1 is 0.474 bits per heavy atom. The van der Waals surface area contributed by atoms with E-state index in [2.05, 4.69) is 30.8 Å². The molecule has 0 atom stereocenters. The predicted octanol–water partition coefficient (Wildman–Crippen LogP) is 4.22. The van der Waals surface area contributed by atoms with Crippen LogP contribution in [0.25, 0.3) is 22.1 Å². The molecule has 0 aliphatic carbocycles. The second kappa shape index (κ2) is 27.6. The molecule has 0 saturated heterocycles. The number of amides is 4. The van der Waals surface area contributed by atoms with Gasteiger partial charge in [-0.2, -0.15) is 30.8 Å². The minimum absolute atomic E-state index is 0. The van der Waals surface area contributed by atoms with Crippen LogP contribution in [-0.2, 0) is 59.3 Å². The minimum Gasteiger partial charge on any atom is -0.397 e. The summed E-state index contributed by atoms with van der Waals surface area (Å²) in [5, 5.41) is 31.4. The van der Waals surface area contributed by atoms with E-state index in [1.165, 1.54) is 26.0 Å². The number of sulfonamides is 4. The van der Waals surface area contributed by atoms with E-state index in [0.717, 1.165) is 27.7 Å². The van der Waals surface area contributed by atoms with Crippen LogP contribution in [0.3, 0.4) is 0 Å². The minimum atomic E-state index is -4.15. The van der Waals surface area contributed by atoms with Crippen LogP contribution in [0.4, 0.5) is 22.7 Å². The number of carbonyl (C=O) groups is 4. The van der Waals surface area contributed by atoms with Crippen LogP contribution < -0.4 is 36.1 Å². The third-order valence-corrected chi connectivity index (χ3v) is 16.7. The van der Waals surface area contributed by atoms with Gasteiger partial charge in [-0.05, 0) is 119 Å². The highest BCUT2D eigenvalue weighted by molar-refractivity contribution is 14.0. The van der Waals surface area contributed by atoms with E-state index < -0.39 is 74.3 Å². The fourth-order valence-electron chi connectivity index (χ4n) is 7.43. The lowest BCUT2D eigenvalue weighted by molar-refractivity contribution is -0.384. The SMILES string of the molecule is C.C.CC(=O)NS(=O)(=O)c1c(C)cc(N)c(N)c1C.CC(=O)NS(=O)(=O)c1c(C)cc(N)c([N+](=O)[O-])c1C.CC(=O)NS(=O)(=O)c1c(C)cc2n[nH]nc2c1C.CC(=O)NS(=O)(=O)c1c(C)cc2n[nH]nc2c1C.I.I. The van der Waals surface area contributed by atoms with Gasteiger partial charge < -0.3 is 17.2 Å². The molecule has 6 rings (SSSR count). The van der Waals surface area contributed by atoms with Crippen molar-refractivity contribution in [3.63, 3.8) is 0 Å². The molecule has 0 fully saturated rings. The quantitative estimate of drug-likeness (QED) is 0.0423. The van der Waals surface area contributed by atoms with Gasteiger partial charge in [-0.25, -0.2) is 52.6 Å².